The van der Waals surface area contributed by atoms with Crippen LogP contribution in [0.25, 0.3) is 0 Å². The molecule has 1 fully saturated rings. The highest BCUT2D eigenvalue weighted by Crippen LogP contribution is 2.22. The lowest BCUT2D eigenvalue weighted by atomic mass is 9.91. The van der Waals surface area contributed by atoms with Crippen molar-refractivity contribution in [1.29, 1.82) is 0 Å². The molecule has 0 aliphatic carbocycles. The number of carbonyl (C=O) groups is 3. The molecule has 6 nitrogen and oxygen atoms in total. The molecule has 0 spiro atoms. The average molecular weight is 369 g/mol. The monoisotopic (exact) mass is 368 g/mol. The topological polar surface area (TPSA) is 86.7 Å². The highest BCUT2D eigenvalue weighted by molar-refractivity contribution is 6.01. The summed E-state index contributed by atoms with van der Waals surface area (Å²) in [6, 6.07) is -0.615. The first-order chi connectivity index (χ1) is 12.0. The lowest BCUT2D eigenvalue weighted by Crippen LogP contribution is -2.45. The van der Waals surface area contributed by atoms with E-state index in [-0.39, 0.29) is 35.9 Å². The van der Waals surface area contributed by atoms with Gasteiger partial charge in [0.25, 0.3) is 0 Å². The van der Waals surface area contributed by atoms with E-state index >= 15 is 0 Å². The van der Waals surface area contributed by atoms with Crippen molar-refractivity contribution in [3.05, 3.63) is 0 Å². The maximum Gasteiger partial charge on any atom is 0.229 e. The van der Waals surface area contributed by atoms with Crippen LogP contribution in [0.4, 0.5) is 0 Å². The first-order valence-corrected chi connectivity index (χ1v) is 9.81. The first kappa shape index (κ1) is 22.6. The van der Waals surface area contributed by atoms with Crippen molar-refractivity contribution in [3.63, 3.8) is 0 Å². The molecule has 3 atom stereocenters. The zero-order chi connectivity index (χ0) is 19.9. The summed E-state index contributed by atoms with van der Waals surface area (Å²) in [6.07, 6.45) is 3.65. The molecule has 1 heterocycles. The predicted octanol–water partition coefficient (Wildman–Crippen LogP) is 2.29. The van der Waals surface area contributed by atoms with E-state index in [1.165, 1.54) is 0 Å². The Balaban J connectivity index is 2.93. The Hall–Kier alpha value is -1.43. The SMILES string of the molecule is CC(C)C[C@@H]1NC(=O)C(C)CCC[C@](C)(O)CCCN(C)C(=O)CC1=O. The number of rotatable bonds is 2. The van der Waals surface area contributed by atoms with Crippen LogP contribution >= 0.6 is 0 Å². The Labute approximate surface area is 157 Å². The van der Waals surface area contributed by atoms with Gasteiger partial charge in [-0.3, -0.25) is 14.4 Å². The molecule has 0 aromatic carbocycles. The Morgan fingerprint density at radius 3 is 2.46 bits per heavy atom. The molecular weight excluding hydrogens is 332 g/mol. The van der Waals surface area contributed by atoms with E-state index in [0.29, 0.717) is 38.6 Å². The molecule has 2 amide bonds. The number of aliphatic hydroxyl groups is 1. The summed E-state index contributed by atoms with van der Waals surface area (Å²) < 4.78 is 0. The minimum atomic E-state index is -0.795. The van der Waals surface area contributed by atoms with Gasteiger partial charge in [-0.05, 0) is 51.4 Å². The fourth-order valence-electron chi connectivity index (χ4n) is 3.33. The smallest absolute Gasteiger partial charge is 0.229 e. The van der Waals surface area contributed by atoms with Crippen molar-refractivity contribution >= 4 is 17.6 Å². The Morgan fingerprint density at radius 2 is 1.85 bits per heavy atom. The fourth-order valence-corrected chi connectivity index (χ4v) is 3.33. The minimum absolute atomic E-state index is 0.153. The van der Waals surface area contributed by atoms with E-state index < -0.39 is 11.6 Å². The summed E-state index contributed by atoms with van der Waals surface area (Å²) in [5.41, 5.74) is -0.795. The Morgan fingerprint density at radius 1 is 1.23 bits per heavy atom. The zero-order valence-electron chi connectivity index (χ0n) is 17.0. The fraction of sp³-hybridized carbons (Fsp3) is 0.850. The molecule has 1 saturated heterocycles. The summed E-state index contributed by atoms with van der Waals surface area (Å²) >= 11 is 0. The van der Waals surface area contributed by atoms with Gasteiger partial charge in [-0.2, -0.15) is 0 Å². The second-order valence-corrected chi connectivity index (χ2v) is 8.54. The molecule has 0 aromatic heterocycles. The maximum atomic E-state index is 12.6. The number of ketones is 1. The first-order valence-electron chi connectivity index (χ1n) is 9.81. The van der Waals surface area contributed by atoms with E-state index in [4.69, 9.17) is 0 Å². The molecular formula is C20H36N2O4. The average Bonchev–Trinajstić information content (AvgIpc) is 2.52. The van der Waals surface area contributed by atoms with Crippen molar-refractivity contribution in [2.75, 3.05) is 13.6 Å². The Bertz CT molecular complexity index is 502. The van der Waals surface area contributed by atoms with Crippen LogP contribution in [0.1, 0.15) is 72.6 Å². The van der Waals surface area contributed by atoms with Crippen molar-refractivity contribution < 1.29 is 19.5 Å². The second-order valence-electron chi connectivity index (χ2n) is 8.54. The number of hydrogen-bond donors (Lipinski definition) is 2. The number of amides is 2. The summed E-state index contributed by atoms with van der Waals surface area (Å²) in [6.45, 7) is 8.15. The number of hydrogen-bond acceptors (Lipinski definition) is 4. The maximum absolute atomic E-state index is 12.6. The highest BCUT2D eigenvalue weighted by atomic mass is 16.3. The third-order valence-corrected chi connectivity index (χ3v) is 5.17. The summed E-state index contributed by atoms with van der Waals surface area (Å²) in [4.78, 5) is 38.9. The minimum Gasteiger partial charge on any atom is -0.390 e. The van der Waals surface area contributed by atoms with Crippen molar-refractivity contribution in [2.24, 2.45) is 11.8 Å². The van der Waals surface area contributed by atoms with Gasteiger partial charge in [0, 0.05) is 19.5 Å². The molecule has 26 heavy (non-hydrogen) atoms. The molecule has 1 aliphatic heterocycles. The van der Waals surface area contributed by atoms with Gasteiger partial charge in [0.05, 0.1) is 18.1 Å². The summed E-state index contributed by atoms with van der Waals surface area (Å²) in [5.74, 6) is -0.598. The highest BCUT2D eigenvalue weighted by Gasteiger charge is 2.28. The van der Waals surface area contributed by atoms with E-state index in [0.717, 1.165) is 6.42 Å². The molecule has 1 rings (SSSR count). The van der Waals surface area contributed by atoms with Crippen LogP contribution in [0.5, 0.6) is 0 Å². The molecule has 6 heteroatoms. The third kappa shape index (κ3) is 7.85. The van der Waals surface area contributed by atoms with Gasteiger partial charge in [-0.1, -0.05) is 20.8 Å². The lowest BCUT2D eigenvalue weighted by Gasteiger charge is -2.25. The van der Waals surface area contributed by atoms with Gasteiger partial charge in [-0.25, -0.2) is 0 Å². The molecule has 1 unspecified atom stereocenters. The molecule has 1 aliphatic rings. The van der Waals surface area contributed by atoms with Crippen molar-refractivity contribution in [1.82, 2.24) is 10.2 Å². The van der Waals surface area contributed by atoms with E-state index in [9.17, 15) is 19.5 Å². The molecule has 0 bridgehead atoms. The van der Waals surface area contributed by atoms with Crippen LogP contribution in [0.15, 0.2) is 0 Å². The van der Waals surface area contributed by atoms with E-state index in [1.807, 2.05) is 20.8 Å². The number of nitrogens with zero attached hydrogens (tertiary/aromatic N) is 1. The normalized spacial score (nSPS) is 30.7. The second kappa shape index (κ2) is 10.0. The number of carbonyl (C=O) groups excluding carboxylic acids is 3. The molecule has 150 valence electrons. The van der Waals surface area contributed by atoms with Gasteiger partial charge < -0.3 is 15.3 Å². The van der Waals surface area contributed by atoms with Crippen LogP contribution in [0.3, 0.4) is 0 Å². The molecule has 0 aromatic rings. The zero-order valence-corrected chi connectivity index (χ0v) is 17.0. The van der Waals surface area contributed by atoms with Gasteiger partial charge in [0.15, 0.2) is 5.78 Å². The molecule has 0 saturated carbocycles. The Kier molecular flexibility index (Phi) is 8.74. The third-order valence-electron chi connectivity index (χ3n) is 5.17. The largest absolute Gasteiger partial charge is 0.390 e. The number of Topliss-reactive ketones (excluding diaryl/α,β-unsaturated/α-hetero) is 1. The quantitative estimate of drug-likeness (QED) is 0.732. The van der Waals surface area contributed by atoms with Crippen LogP contribution in [-0.2, 0) is 14.4 Å². The van der Waals surface area contributed by atoms with Gasteiger partial charge in [0.1, 0.15) is 0 Å². The van der Waals surface area contributed by atoms with Crippen LogP contribution in [0, 0.1) is 11.8 Å². The molecule has 2 N–H and O–H groups in total. The summed E-state index contributed by atoms with van der Waals surface area (Å²) in [5, 5.41) is 13.3. The van der Waals surface area contributed by atoms with Gasteiger partial charge in [0.2, 0.25) is 11.8 Å². The van der Waals surface area contributed by atoms with Crippen LogP contribution < -0.4 is 5.32 Å². The lowest BCUT2D eigenvalue weighted by molar-refractivity contribution is -0.137. The number of nitrogens with one attached hydrogen (secondary N) is 1. The van der Waals surface area contributed by atoms with Gasteiger partial charge >= 0.3 is 0 Å². The van der Waals surface area contributed by atoms with Gasteiger partial charge in [-0.15, -0.1) is 0 Å². The van der Waals surface area contributed by atoms with E-state index in [1.54, 1.807) is 18.9 Å². The van der Waals surface area contributed by atoms with Crippen molar-refractivity contribution in [3.8, 4) is 0 Å². The summed E-state index contributed by atoms with van der Waals surface area (Å²) in [7, 11) is 1.68. The predicted molar refractivity (Wildman–Crippen MR) is 102 cm³/mol. The van der Waals surface area contributed by atoms with Crippen LogP contribution in [0.2, 0.25) is 0 Å². The van der Waals surface area contributed by atoms with Crippen molar-refractivity contribution in [2.45, 2.75) is 84.3 Å². The molecule has 0 radical (unpaired) electrons. The standard InChI is InChI=1S/C20H36N2O4/c1-14(2)12-16-17(23)13-18(24)22(5)11-7-10-20(4,26)9-6-8-15(3)19(25)21-16/h14-16,26H,6-13H2,1-5H3,(H,21,25)/t15?,16-,20-/m0/s1. The van der Waals surface area contributed by atoms with Crippen LogP contribution in [-0.4, -0.2) is 52.8 Å². The van der Waals surface area contributed by atoms with E-state index in [2.05, 4.69) is 5.32 Å².